The van der Waals surface area contributed by atoms with Crippen LogP contribution < -0.4 is 10.0 Å². The number of urea groups is 1. The van der Waals surface area contributed by atoms with E-state index >= 15 is 0 Å². The van der Waals surface area contributed by atoms with E-state index in [0.717, 1.165) is 6.07 Å². The molecule has 10 heteroatoms. The Kier molecular flexibility index (Phi) is 11.1. The molecule has 2 rings (SSSR count). The number of carbonyl (C=O) groups excluding carboxylic acids is 1. The normalized spacial score (nSPS) is 12.5. The first-order valence-corrected chi connectivity index (χ1v) is 13.2. The number of halogens is 2. The van der Waals surface area contributed by atoms with Gasteiger partial charge in [-0.15, -0.1) is 0 Å². The quantitative estimate of drug-likeness (QED) is 0.174. The van der Waals surface area contributed by atoms with Crippen molar-refractivity contribution in [3.05, 3.63) is 127 Å². The Bertz CT molecular complexity index is 1440. The molecule has 2 amide bonds. The topological polar surface area (TPSA) is 96.9 Å². The Labute approximate surface area is 231 Å². The Hall–Kier alpha value is -4.31. The van der Waals surface area contributed by atoms with E-state index in [4.69, 9.17) is 4.74 Å². The molecule has 0 bridgehead atoms. The summed E-state index contributed by atoms with van der Waals surface area (Å²) in [6.45, 7) is 16.9. The van der Waals surface area contributed by atoms with Crippen molar-refractivity contribution in [3.8, 4) is 0 Å². The van der Waals surface area contributed by atoms with Gasteiger partial charge in [-0.2, -0.15) is 0 Å². The minimum Gasteiger partial charge on any atom is -0.497 e. The van der Waals surface area contributed by atoms with E-state index in [1.165, 1.54) is 37.6 Å². The predicted molar refractivity (Wildman–Crippen MR) is 154 cm³/mol. The zero-order valence-electron chi connectivity index (χ0n) is 21.8. The molecule has 0 saturated carbocycles. The number of rotatable bonds is 13. The zero-order chi connectivity index (χ0) is 29.2. The summed E-state index contributed by atoms with van der Waals surface area (Å²) in [5, 5.41) is 2.60. The number of aryl methyl sites for hydroxylation is 2. The van der Waals surface area contributed by atoms with E-state index in [2.05, 4.69) is 36.6 Å². The monoisotopic (exact) mass is 559 g/mol. The second-order valence-corrected chi connectivity index (χ2v) is 10.1. The van der Waals surface area contributed by atoms with E-state index in [1.807, 2.05) is 4.72 Å². The molecule has 0 radical (unpaired) electrons. The van der Waals surface area contributed by atoms with Gasteiger partial charge in [0.2, 0.25) is 0 Å². The highest BCUT2D eigenvalue weighted by atomic mass is 32.2. The molecule has 0 aliphatic heterocycles. The van der Waals surface area contributed by atoms with E-state index in [-0.39, 0.29) is 26.3 Å². The first-order chi connectivity index (χ1) is 18.4. The molecule has 0 aliphatic carbocycles. The molecule has 2 aromatic rings. The van der Waals surface area contributed by atoms with Crippen LogP contribution in [0.4, 0.5) is 13.6 Å². The first-order valence-electron chi connectivity index (χ1n) is 11.7. The maximum atomic E-state index is 13.8. The first kappa shape index (κ1) is 30.9. The van der Waals surface area contributed by atoms with E-state index in [0.29, 0.717) is 28.0 Å². The number of hydrogen-bond acceptors (Lipinski definition) is 5. The molecule has 39 heavy (non-hydrogen) atoms. The van der Waals surface area contributed by atoms with Crippen molar-refractivity contribution < 1.29 is 29.6 Å². The third-order valence-electron chi connectivity index (χ3n) is 5.55. The minimum absolute atomic E-state index is 0. The van der Waals surface area contributed by atoms with Crippen molar-refractivity contribution in [3.63, 3.8) is 0 Å². The highest BCUT2D eigenvalue weighted by Gasteiger charge is 2.25. The molecule has 0 aliphatic rings. The van der Waals surface area contributed by atoms with Gasteiger partial charge in [0.1, 0.15) is 17.4 Å². The lowest BCUT2D eigenvalue weighted by Crippen LogP contribution is -2.48. The van der Waals surface area contributed by atoms with Gasteiger partial charge in [-0.1, -0.05) is 50.6 Å². The summed E-state index contributed by atoms with van der Waals surface area (Å²) in [6, 6.07) is 7.28. The van der Waals surface area contributed by atoms with Crippen LogP contribution in [0.5, 0.6) is 0 Å². The number of sulfonamides is 1. The lowest BCUT2D eigenvalue weighted by atomic mass is 9.93. The fraction of sp³-hybridized carbons (Fsp3) is 0.172. The second-order valence-electron chi connectivity index (χ2n) is 8.42. The molecule has 2 aromatic carbocycles. The lowest BCUT2D eigenvalue weighted by molar-refractivity contribution is 0.244. The average molecular weight is 560 g/mol. The van der Waals surface area contributed by atoms with Gasteiger partial charge >= 0.3 is 6.03 Å². The van der Waals surface area contributed by atoms with Crippen molar-refractivity contribution in [2.24, 2.45) is 4.99 Å². The molecule has 0 fully saturated rings. The lowest BCUT2D eigenvalue weighted by Gasteiger charge is -2.23. The molecule has 7 nitrogen and oxygen atoms in total. The van der Waals surface area contributed by atoms with Gasteiger partial charge in [-0.25, -0.2) is 26.7 Å². The number of benzene rings is 2. The molecular formula is C29H35F2N3O4S. The van der Waals surface area contributed by atoms with Gasteiger partial charge in [0.15, 0.2) is 0 Å². The Morgan fingerprint density at radius 3 is 2.36 bits per heavy atom. The molecule has 1 atom stereocenters. The second kappa shape index (κ2) is 14.0. The van der Waals surface area contributed by atoms with Gasteiger partial charge in [0.25, 0.3) is 10.0 Å². The fourth-order valence-corrected chi connectivity index (χ4v) is 4.73. The molecule has 0 spiro atoms. The summed E-state index contributed by atoms with van der Waals surface area (Å²) in [6.07, 6.45) is 4.54. The number of nitrogens with one attached hydrogen (secondary N) is 2. The summed E-state index contributed by atoms with van der Waals surface area (Å²) >= 11 is 0. The number of nitrogens with zero attached hydrogens (tertiary/aromatic N) is 1. The Morgan fingerprint density at radius 1 is 1.13 bits per heavy atom. The highest BCUT2D eigenvalue weighted by molar-refractivity contribution is 7.90. The smallest absolute Gasteiger partial charge is 0.329 e. The van der Waals surface area contributed by atoms with Crippen LogP contribution in [-0.2, 0) is 21.2 Å². The number of methoxy groups -OCH3 is 1. The van der Waals surface area contributed by atoms with Gasteiger partial charge < -0.3 is 10.1 Å². The number of aliphatic imine (C=N–C) groups is 1. The zero-order valence-corrected chi connectivity index (χ0v) is 22.7. The molecule has 210 valence electrons. The van der Waals surface area contributed by atoms with Crippen LogP contribution >= 0.6 is 0 Å². The number of allylic oxidation sites excluding steroid dienone is 3. The maximum Gasteiger partial charge on any atom is 0.329 e. The SMILES string of the molecule is C=CN=C(C(=C)C(=C)/C=C\C(=C)OC)[C@H](CCc1cc(F)cc(F)c1)NC(=O)NS(=O)(=O)c1ccccc1C.[HH].[HH]. The summed E-state index contributed by atoms with van der Waals surface area (Å²) < 4.78 is 60.2. The largest absolute Gasteiger partial charge is 0.497 e. The van der Waals surface area contributed by atoms with Crippen molar-refractivity contribution in [1.82, 2.24) is 10.0 Å². The van der Waals surface area contributed by atoms with Crippen molar-refractivity contribution in [1.29, 1.82) is 0 Å². The average Bonchev–Trinajstić information content (AvgIpc) is 2.87. The predicted octanol–water partition coefficient (Wildman–Crippen LogP) is 6.17. The third kappa shape index (κ3) is 9.19. The summed E-state index contributed by atoms with van der Waals surface area (Å²) in [5.74, 6) is -1.15. The summed E-state index contributed by atoms with van der Waals surface area (Å²) in [4.78, 5) is 17.1. The van der Waals surface area contributed by atoms with Gasteiger partial charge in [-0.05, 0) is 66.3 Å². The summed E-state index contributed by atoms with van der Waals surface area (Å²) in [7, 11) is -2.75. The molecule has 0 saturated heterocycles. The van der Waals surface area contributed by atoms with Gasteiger partial charge in [0, 0.05) is 15.1 Å². The van der Waals surface area contributed by atoms with E-state index in [1.54, 1.807) is 31.2 Å². The Balaban J connectivity index is 0.00000800. The van der Waals surface area contributed by atoms with Crippen LogP contribution in [0.25, 0.3) is 0 Å². The van der Waals surface area contributed by atoms with E-state index < -0.39 is 33.7 Å². The van der Waals surface area contributed by atoms with Crippen LogP contribution in [-0.4, -0.2) is 33.3 Å². The molecule has 0 heterocycles. The van der Waals surface area contributed by atoms with Crippen LogP contribution in [0.1, 0.15) is 20.4 Å². The number of amides is 2. The van der Waals surface area contributed by atoms with Crippen molar-refractivity contribution >= 4 is 21.8 Å². The molecule has 0 unspecified atom stereocenters. The summed E-state index contributed by atoms with van der Waals surface area (Å²) in [5.41, 5.74) is 1.68. The minimum atomic E-state index is -4.21. The maximum absolute atomic E-state index is 13.8. The third-order valence-corrected chi connectivity index (χ3v) is 7.04. The van der Waals surface area contributed by atoms with Crippen molar-refractivity contribution in [2.75, 3.05) is 7.11 Å². The van der Waals surface area contributed by atoms with Crippen LogP contribution in [0.2, 0.25) is 0 Å². The van der Waals surface area contributed by atoms with Crippen molar-refractivity contribution in [2.45, 2.75) is 30.7 Å². The fourth-order valence-electron chi connectivity index (χ4n) is 3.57. The molecule has 0 aromatic heterocycles. The van der Waals surface area contributed by atoms with E-state index in [9.17, 15) is 22.0 Å². The number of carbonyl (C=O) groups is 1. The van der Waals surface area contributed by atoms with Gasteiger partial charge in [-0.3, -0.25) is 4.99 Å². The van der Waals surface area contributed by atoms with Crippen LogP contribution in [0, 0.1) is 18.6 Å². The van der Waals surface area contributed by atoms with Gasteiger partial charge in [0.05, 0.1) is 23.8 Å². The highest BCUT2D eigenvalue weighted by Crippen LogP contribution is 2.19. The van der Waals surface area contributed by atoms with Crippen LogP contribution in [0.3, 0.4) is 0 Å². The number of ether oxygens (including phenoxy) is 1. The molecular weight excluding hydrogens is 524 g/mol. The van der Waals surface area contributed by atoms with Crippen LogP contribution in [0.15, 0.2) is 114 Å². The number of hydrogen-bond donors (Lipinski definition) is 2. The Morgan fingerprint density at radius 2 is 1.77 bits per heavy atom. The standard InChI is InChI=1S/C29H31F2N3O4S.2H2/c1-7-32-28(22(5)19(2)12-13-21(4)38-6)26(15-14-23-16-24(30)18-25(31)17-23)33-29(35)34-39(36,37)27-11-9-8-10-20(27)3;;/h7-13,16-18,26H,1-2,4-5,14-15H2,3,6H3,(H2,33,34,35);2*1H/b13-12-,32-28?;;/t26-;;/m0../s1. The molecule has 2 N–H and O–H groups in total.